The molecule has 110 valence electrons. The van der Waals surface area contributed by atoms with Crippen LogP contribution in [0.15, 0.2) is 30.3 Å². The van der Waals surface area contributed by atoms with Crippen molar-refractivity contribution in [1.82, 2.24) is 0 Å². The van der Waals surface area contributed by atoms with Crippen molar-refractivity contribution in [2.45, 2.75) is 51.0 Å². The van der Waals surface area contributed by atoms with Gasteiger partial charge < -0.3 is 9.84 Å². The van der Waals surface area contributed by atoms with E-state index in [0.29, 0.717) is 0 Å². The Hall–Kier alpha value is -1.35. The van der Waals surface area contributed by atoms with E-state index in [4.69, 9.17) is 9.84 Å². The first-order valence-corrected chi connectivity index (χ1v) is 7.64. The Balaban J connectivity index is 1.53. The molecule has 1 aliphatic carbocycles. The summed E-state index contributed by atoms with van der Waals surface area (Å²) in [5, 5.41) is 8.94. The molecule has 0 amide bonds. The highest BCUT2D eigenvalue weighted by atomic mass is 16.5. The molecule has 0 bridgehead atoms. The van der Waals surface area contributed by atoms with E-state index in [1.165, 1.54) is 5.56 Å². The first-order chi connectivity index (χ1) is 9.75. The summed E-state index contributed by atoms with van der Waals surface area (Å²) in [7, 11) is 0. The van der Waals surface area contributed by atoms with Crippen LogP contribution in [0, 0.1) is 5.92 Å². The Kier molecular flexibility index (Phi) is 6.06. The number of hydrogen-bond donors (Lipinski definition) is 1. The number of carboxylic acid groups (broad SMARTS) is 1. The van der Waals surface area contributed by atoms with Crippen molar-refractivity contribution in [3.63, 3.8) is 0 Å². The molecule has 1 aromatic carbocycles. The molecule has 0 aromatic heterocycles. The van der Waals surface area contributed by atoms with Crippen LogP contribution in [0.5, 0.6) is 0 Å². The molecule has 20 heavy (non-hydrogen) atoms. The van der Waals surface area contributed by atoms with Crippen molar-refractivity contribution in [3.05, 3.63) is 35.9 Å². The lowest BCUT2D eigenvalue weighted by atomic mass is 9.87. The van der Waals surface area contributed by atoms with Crippen molar-refractivity contribution in [3.8, 4) is 0 Å². The highest BCUT2D eigenvalue weighted by molar-refractivity contribution is 5.70. The minimum Gasteiger partial charge on any atom is -0.481 e. The zero-order valence-corrected chi connectivity index (χ0v) is 12.0. The maximum absolute atomic E-state index is 10.9. The molecule has 3 heteroatoms. The van der Waals surface area contributed by atoms with E-state index in [0.717, 1.165) is 51.6 Å². The Morgan fingerprint density at radius 3 is 2.45 bits per heavy atom. The van der Waals surface area contributed by atoms with E-state index in [2.05, 4.69) is 24.3 Å². The fourth-order valence-corrected chi connectivity index (χ4v) is 2.80. The second kappa shape index (κ2) is 8.05. The lowest BCUT2D eigenvalue weighted by Crippen LogP contribution is -2.26. The van der Waals surface area contributed by atoms with Gasteiger partial charge in [-0.3, -0.25) is 4.79 Å². The highest BCUT2D eigenvalue weighted by Crippen LogP contribution is 2.26. The summed E-state index contributed by atoms with van der Waals surface area (Å²) < 4.78 is 5.86. The number of aryl methyl sites for hydroxylation is 1. The van der Waals surface area contributed by atoms with Crippen LogP contribution in [0.1, 0.15) is 44.1 Å². The molecular weight excluding hydrogens is 252 g/mol. The van der Waals surface area contributed by atoms with Gasteiger partial charge in [-0.15, -0.1) is 0 Å². The van der Waals surface area contributed by atoms with Crippen LogP contribution < -0.4 is 0 Å². The van der Waals surface area contributed by atoms with Gasteiger partial charge in [-0.2, -0.15) is 0 Å². The molecule has 1 saturated carbocycles. The second-order valence-corrected chi connectivity index (χ2v) is 5.63. The van der Waals surface area contributed by atoms with Gasteiger partial charge in [0, 0.05) is 6.61 Å². The summed E-state index contributed by atoms with van der Waals surface area (Å²) in [6.07, 6.45) is 6.94. The smallest absolute Gasteiger partial charge is 0.306 e. The summed E-state index contributed by atoms with van der Waals surface area (Å²) in [4.78, 5) is 10.9. The van der Waals surface area contributed by atoms with Crippen molar-refractivity contribution >= 4 is 5.97 Å². The van der Waals surface area contributed by atoms with Crippen LogP contribution in [-0.4, -0.2) is 23.8 Å². The van der Waals surface area contributed by atoms with Crippen molar-refractivity contribution in [2.24, 2.45) is 5.92 Å². The maximum atomic E-state index is 10.9. The largest absolute Gasteiger partial charge is 0.481 e. The Morgan fingerprint density at radius 1 is 1.10 bits per heavy atom. The molecule has 1 N–H and O–H groups in total. The molecule has 0 radical (unpaired) electrons. The number of aliphatic carboxylic acids is 1. The summed E-state index contributed by atoms with van der Waals surface area (Å²) in [5.41, 5.74) is 1.38. The standard InChI is InChI=1S/C17H24O3/c18-17(19)15-9-11-16(12-10-15)20-13-5-4-8-14-6-2-1-3-7-14/h1-3,6-7,15-16H,4-5,8-13H2,(H,18,19). The third-order valence-corrected chi connectivity index (χ3v) is 4.08. The first kappa shape index (κ1) is 15.0. The maximum Gasteiger partial charge on any atom is 0.306 e. The zero-order chi connectivity index (χ0) is 14.2. The number of rotatable bonds is 7. The van der Waals surface area contributed by atoms with Crippen molar-refractivity contribution < 1.29 is 14.6 Å². The predicted octanol–water partition coefficient (Wildman–Crippen LogP) is 3.67. The summed E-state index contributed by atoms with van der Waals surface area (Å²) in [6, 6.07) is 10.5. The molecule has 0 spiro atoms. The van der Waals surface area contributed by atoms with Crippen LogP contribution in [0.25, 0.3) is 0 Å². The lowest BCUT2D eigenvalue weighted by Gasteiger charge is -2.26. The number of carboxylic acids is 1. The Labute approximate surface area is 121 Å². The SMILES string of the molecule is O=C(O)C1CCC(OCCCCc2ccccc2)CC1. The Morgan fingerprint density at radius 2 is 1.80 bits per heavy atom. The van der Waals surface area contributed by atoms with Gasteiger partial charge in [-0.25, -0.2) is 0 Å². The van der Waals surface area contributed by atoms with Gasteiger partial charge in [0.25, 0.3) is 0 Å². The van der Waals surface area contributed by atoms with Gasteiger partial charge in [-0.1, -0.05) is 30.3 Å². The predicted molar refractivity (Wildman–Crippen MR) is 78.7 cm³/mol. The number of carbonyl (C=O) groups is 1. The summed E-state index contributed by atoms with van der Waals surface area (Å²) in [6.45, 7) is 0.801. The van der Waals surface area contributed by atoms with Crippen molar-refractivity contribution in [2.75, 3.05) is 6.61 Å². The number of unbranched alkanes of at least 4 members (excludes halogenated alkanes) is 1. The van der Waals surface area contributed by atoms with Crippen LogP contribution >= 0.6 is 0 Å². The number of ether oxygens (including phenoxy) is 1. The van der Waals surface area contributed by atoms with Gasteiger partial charge in [0.15, 0.2) is 0 Å². The highest BCUT2D eigenvalue weighted by Gasteiger charge is 2.25. The van der Waals surface area contributed by atoms with Gasteiger partial charge in [0.05, 0.1) is 12.0 Å². The van der Waals surface area contributed by atoms with E-state index in [1.807, 2.05) is 6.07 Å². The number of hydrogen-bond acceptors (Lipinski definition) is 2. The van der Waals surface area contributed by atoms with E-state index in [1.54, 1.807) is 0 Å². The monoisotopic (exact) mass is 276 g/mol. The molecule has 0 unspecified atom stereocenters. The average molecular weight is 276 g/mol. The summed E-state index contributed by atoms with van der Waals surface area (Å²) in [5.74, 6) is -0.792. The van der Waals surface area contributed by atoms with E-state index < -0.39 is 5.97 Å². The topological polar surface area (TPSA) is 46.5 Å². The van der Waals surface area contributed by atoms with Crippen LogP contribution in [0.4, 0.5) is 0 Å². The molecule has 1 fully saturated rings. The molecule has 0 aliphatic heterocycles. The lowest BCUT2D eigenvalue weighted by molar-refractivity contribution is -0.143. The zero-order valence-electron chi connectivity index (χ0n) is 12.0. The van der Waals surface area contributed by atoms with Crippen LogP contribution in [0.2, 0.25) is 0 Å². The minimum atomic E-state index is -0.647. The Bertz CT molecular complexity index is 394. The van der Waals surface area contributed by atoms with E-state index >= 15 is 0 Å². The van der Waals surface area contributed by atoms with E-state index in [9.17, 15) is 4.79 Å². The average Bonchev–Trinajstić information content (AvgIpc) is 2.48. The molecular formula is C17H24O3. The number of benzene rings is 1. The molecule has 0 saturated heterocycles. The van der Waals surface area contributed by atoms with Crippen molar-refractivity contribution in [1.29, 1.82) is 0 Å². The summed E-state index contributed by atoms with van der Waals surface area (Å²) >= 11 is 0. The van der Waals surface area contributed by atoms with E-state index in [-0.39, 0.29) is 12.0 Å². The minimum absolute atomic E-state index is 0.145. The quantitative estimate of drug-likeness (QED) is 0.773. The third kappa shape index (κ3) is 4.97. The first-order valence-electron chi connectivity index (χ1n) is 7.64. The molecule has 1 aromatic rings. The van der Waals surface area contributed by atoms with Gasteiger partial charge in [-0.05, 0) is 50.5 Å². The molecule has 2 rings (SSSR count). The molecule has 0 atom stereocenters. The van der Waals surface area contributed by atoms with Gasteiger partial charge >= 0.3 is 5.97 Å². The fourth-order valence-electron chi connectivity index (χ4n) is 2.80. The molecule has 3 nitrogen and oxygen atoms in total. The van der Waals surface area contributed by atoms with Crippen LogP contribution in [-0.2, 0) is 16.0 Å². The van der Waals surface area contributed by atoms with Crippen LogP contribution in [0.3, 0.4) is 0 Å². The normalized spacial score (nSPS) is 22.6. The fraction of sp³-hybridized carbons (Fsp3) is 0.588. The molecule has 1 aliphatic rings. The van der Waals surface area contributed by atoms with Gasteiger partial charge in [0.1, 0.15) is 0 Å². The second-order valence-electron chi connectivity index (χ2n) is 5.63. The molecule has 0 heterocycles. The third-order valence-electron chi connectivity index (χ3n) is 4.08. The van der Waals surface area contributed by atoms with Gasteiger partial charge in [0.2, 0.25) is 0 Å².